The summed E-state index contributed by atoms with van der Waals surface area (Å²) in [5.74, 6) is 0.211. The summed E-state index contributed by atoms with van der Waals surface area (Å²) in [6.45, 7) is 3.26. The second-order valence-corrected chi connectivity index (χ2v) is 5.00. The van der Waals surface area contributed by atoms with E-state index in [4.69, 9.17) is 0 Å². The van der Waals surface area contributed by atoms with Crippen LogP contribution in [0.4, 0.5) is 0 Å². The SMILES string of the molecule is CNC(=O)C1CCN(C(=O)c2ccccc2C)CC1. The van der Waals surface area contributed by atoms with Crippen LogP contribution in [-0.4, -0.2) is 36.9 Å². The molecule has 0 aliphatic carbocycles. The summed E-state index contributed by atoms with van der Waals surface area (Å²) in [6.07, 6.45) is 1.49. The molecule has 0 aromatic heterocycles. The molecule has 1 heterocycles. The molecule has 0 spiro atoms. The molecule has 4 nitrogen and oxygen atoms in total. The van der Waals surface area contributed by atoms with Crippen molar-refractivity contribution in [1.82, 2.24) is 10.2 Å². The first-order valence-corrected chi connectivity index (χ1v) is 6.70. The molecule has 0 radical (unpaired) electrons. The molecule has 0 atom stereocenters. The van der Waals surface area contributed by atoms with E-state index < -0.39 is 0 Å². The molecular formula is C15H20N2O2. The zero-order valence-electron chi connectivity index (χ0n) is 11.5. The first-order chi connectivity index (χ1) is 9.13. The minimum atomic E-state index is 0.0471. The summed E-state index contributed by atoms with van der Waals surface area (Å²) < 4.78 is 0. The van der Waals surface area contributed by atoms with Crippen molar-refractivity contribution in [1.29, 1.82) is 0 Å². The van der Waals surface area contributed by atoms with E-state index in [1.165, 1.54) is 0 Å². The molecule has 0 saturated carbocycles. The van der Waals surface area contributed by atoms with Crippen LogP contribution in [0.3, 0.4) is 0 Å². The van der Waals surface area contributed by atoms with E-state index in [1.807, 2.05) is 36.1 Å². The fraction of sp³-hybridized carbons (Fsp3) is 0.467. The molecule has 2 amide bonds. The molecule has 1 saturated heterocycles. The lowest BCUT2D eigenvalue weighted by Gasteiger charge is -2.31. The summed E-state index contributed by atoms with van der Waals surface area (Å²) in [5, 5.41) is 2.68. The highest BCUT2D eigenvalue weighted by atomic mass is 16.2. The third-order valence-electron chi connectivity index (χ3n) is 3.77. The van der Waals surface area contributed by atoms with Gasteiger partial charge in [0.05, 0.1) is 0 Å². The van der Waals surface area contributed by atoms with E-state index >= 15 is 0 Å². The summed E-state index contributed by atoms with van der Waals surface area (Å²) in [4.78, 5) is 25.8. The number of nitrogens with one attached hydrogen (secondary N) is 1. The third-order valence-corrected chi connectivity index (χ3v) is 3.77. The quantitative estimate of drug-likeness (QED) is 0.878. The molecule has 1 aliphatic rings. The molecule has 1 aromatic carbocycles. The summed E-state index contributed by atoms with van der Waals surface area (Å²) in [5.41, 5.74) is 1.77. The number of rotatable bonds is 2. The van der Waals surface area contributed by atoms with Crippen molar-refractivity contribution in [3.8, 4) is 0 Å². The highest BCUT2D eigenvalue weighted by Gasteiger charge is 2.27. The van der Waals surface area contributed by atoms with Gasteiger partial charge < -0.3 is 10.2 Å². The Labute approximate surface area is 113 Å². The van der Waals surface area contributed by atoms with Gasteiger partial charge >= 0.3 is 0 Å². The number of carbonyl (C=O) groups excluding carboxylic acids is 2. The van der Waals surface area contributed by atoms with Crippen LogP contribution < -0.4 is 5.32 Å². The average Bonchev–Trinajstić information content (AvgIpc) is 2.46. The van der Waals surface area contributed by atoms with E-state index in [-0.39, 0.29) is 17.7 Å². The van der Waals surface area contributed by atoms with E-state index in [0.29, 0.717) is 13.1 Å². The Morgan fingerprint density at radius 3 is 2.42 bits per heavy atom. The number of benzene rings is 1. The molecule has 19 heavy (non-hydrogen) atoms. The molecule has 2 rings (SSSR count). The van der Waals surface area contributed by atoms with E-state index in [0.717, 1.165) is 24.0 Å². The molecule has 1 fully saturated rings. The zero-order chi connectivity index (χ0) is 13.8. The van der Waals surface area contributed by atoms with Crippen molar-refractivity contribution in [2.75, 3.05) is 20.1 Å². The van der Waals surface area contributed by atoms with Crippen LogP contribution >= 0.6 is 0 Å². The summed E-state index contributed by atoms with van der Waals surface area (Å²) in [7, 11) is 1.66. The van der Waals surface area contributed by atoms with Crippen molar-refractivity contribution in [3.63, 3.8) is 0 Å². The zero-order valence-corrected chi connectivity index (χ0v) is 11.5. The number of hydrogen-bond acceptors (Lipinski definition) is 2. The Morgan fingerprint density at radius 1 is 1.21 bits per heavy atom. The van der Waals surface area contributed by atoms with E-state index in [1.54, 1.807) is 7.05 Å². The molecule has 0 bridgehead atoms. The van der Waals surface area contributed by atoms with Gasteiger partial charge in [-0.3, -0.25) is 9.59 Å². The fourth-order valence-electron chi connectivity index (χ4n) is 2.53. The number of nitrogens with zero attached hydrogens (tertiary/aromatic N) is 1. The maximum absolute atomic E-state index is 12.4. The van der Waals surface area contributed by atoms with Crippen molar-refractivity contribution < 1.29 is 9.59 Å². The molecule has 0 unspecified atom stereocenters. The maximum atomic E-state index is 12.4. The third kappa shape index (κ3) is 2.95. The highest BCUT2D eigenvalue weighted by molar-refractivity contribution is 5.95. The number of likely N-dealkylation sites (tertiary alicyclic amines) is 1. The van der Waals surface area contributed by atoms with Gasteiger partial charge in [0.2, 0.25) is 5.91 Å². The number of amides is 2. The van der Waals surface area contributed by atoms with Gasteiger partial charge in [-0.05, 0) is 31.4 Å². The lowest BCUT2D eigenvalue weighted by Crippen LogP contribution is -2.42. The summed E-state index contributed by atoms with van der Waals surface area (Å²) >= 11 is 0. The summed E-state index contributed by atoms with van der Waals surface area (Å²) in [6, 6.07) is 7.63. The smallest absolute Gasteiger partial charge is 0.254 e. The van der Waals surface area contributed by atoms with Gasteiger partial charge in [0.15, 0.2) is 0 Å². The van der Waals surface area contributed by atoms with Crippen LogP contribution in [0.1, 0.15) is 28.8 Å². The Morgan fingerprint density at radius 2 is 1.84 bits per heavy atom. The molecule has 102 valence electrons. The maximum Gasteiger partial charge on any atom is 0.254 e. The molecule has 1 aliphatic heterocycles. The van der Waals surface area contributed by atoms with Crippen LogP contribution in [-0.2, 0) is 4.79 Å². The lowest BCUT2D eigenvalue weighted by molar-refractivity contribution is -0.125. The van der Waals surface area contributed by atoms with Crippen LogP contribution in [0.15, 0.2) is 24.3 Å². The molecule has 1 N–H and O–H groups in total. The normalized spacial score (nSPS) is 16.2. The average molecular weight is 260 g/mol. The van der Waals surface area contributed by atoms with Crippen LogP contribution in [0.5, 0.6) is 0 Å². The van der Waals surface area contributed by atoms with Gasteiger partial charge in [-0.15, -0.1) is 0 Å². The van der Waals surface area contributed by atoms with Crippen LogP contribution in [0, 0.1) is 12.8 Å². The van der Waals surface area contributed by atoms with E-state index in [2.05, 4.69) is 5.32 Å². The topological polar surface area (TPSA) is 49.4 Å². The predicted molar refractivity (Wildman–Crippen MR) is 73.9 cm³/mol. The second-order valence-electron chi connectivity index (χ2n) is 5.00. The van der Waals surface area contributed by atoms with Crippen molar-refractivity contribution >= 4 is 11.8 Å². The van der Waals surface area contributed by atoms with Crippen molar-refractivity contribution in [2.45, 2.75) is 19.8 Å². The largest absolute Gasteiger partial charge is 0.359 e. The number of aryl methyl sites for hydroxylation is 1. The van der Waals surface area contributed by atoms with Gasteiger partial charge in [-0.25, -0.2) is 0 Å². The minimum absolute atomic E-state index is 0.0471. The van der Waals surface area contributed by atoms with Gasteiger partial charge in [0.25, 0.3) is 5.91 Å². The van der Waals surface area contributed by atoms with Gasteiger partial charge in [0, 0.05) is 31.6 Å². The van der Waals surface area contributed by atoms with Crippen molar-refractivity contribution in [3.05, 3.63) is 35.4 Å². The number of hydrogen-bond donors (Lipinski definition) is 1. The first-order valence-electron chi connectivity index (χ1n) is 6.70. The first kappa shape index (κ1) is 13.6. The van der Waals surface area contributed by atoms with Gasteiger partial charge in [0.1, 0.15) is 0 Å². The van der Waals surface area contributed by atoms with Gasteiger partial charge in [-0.1, -0.05) is 18.2 Å². The standard InChI is InChI=1S/C15H20N2O2/c1-11-5-3-4-6-13(11)15(19)17-9-7-12(8-10-17)14(18)16-2/h3-6,12H,7-10H2,1-2H3,(H,16,18). The van der Waals surface area contributed by atoms with Crippen LogP contribution in [0.25, 0.3) is 0 Å². The lowest BCUT2D eigenvalue weighted by atomic mass is 9.95. The van der Waals surface area contributed by atoms with Gasteiger partial charge in [-0.2, -0.15) is 0 Å². The Hall–Kier alpha value is -1.84. The molecule has 4 heteroatoms. The fourth-order valence-corrected chi connectivity index (χ4v) is 2.53. The molecular weight excluding hydrogens is 240 g/mol. The Kier molecular flexibility index (Phi) is 4.20. The monoisotopic (exact) mass is 260 g/mol. The van der Waals surface area contributed by atoms with Crippen LogP contribution in [0.2, 0.25) is 0 Å². The number of carbonyl (C=O) groups is 2. The Bertz CT molecular complexity index is 477. The minimum Gasteiger partial charge on any atom is -0.359 e. The Balaban J connectivity index is 2.00. The van der Waals surface area contributed by atoms with Crippen molar-refractivity contribution in [2.24, 2.45) is 5.92 Å². The number of piperidine rings is 1. The second kappa shape index (κ2) is 5.87. The predicted octanol–water partition coefficient (Wildman–Crippen LogP) is 1.59. The van der Waals surface area contributed by atoms with E-state index in [9.17, 15) is 9.59 Å². The molecule has 1 aromatic rings. The highest BCUT2D eigenvalue weighted by Crippen LogP contribution is 2.20.